The third-order valence-electron chi connectivity index (χ3n) is 6.73. The van der Waals surface area contributed by atoms with Gasteiger partial charge in [0, 0.05) is 42.8 Å². The molecule has 2 aliphatic heterocycles. The Morgan fingerprint density at radius 2 is 1.83 bits per heavy atom. The van der Waals surface area contributed by atoms with Crippen molar-refractivity contribution in [3.05, 3.63) is 58.6 Å². The van der Waals surface area contributed by atoms with E-state index in [-0.39, 0.29) is 23.9 Å². The molecule has 0 spiro atoms. The Hall–Kier alpha value is -2.28. The Morgan fingerprint density at radius 1 is 1.07 bits per heavy atom. The molecule has 3 aliphatic rings. The minimum Gasteiger partial charge on any atom is -0.497 e. The van der Waals surface area contributed by atoms with Crippen molar-refractivity contribution < 1.29 is 9.53 Å². The minimum absolute atomic E-state index is 0.170. The number of ether oxygens (including phenoxy) is 1. The average molecular weight is 427 g/mol. The van der Waals surface area contributed by atoms with Gasteiger partial charge in [-0.05, 0) is 60.4 Å². The number of anilines is 1. The molecule has 2 heterocycles. The van der Waals surface area contributed by atoms with E-state index in [0.717, 1.165) is 55.5 Å². The van der Waals surface area contributed by atoms with E-state index in [4.69, 9.17) is 16.3 Å². The molecule has 1 amide bonds. The normalized spacial score (nSPS) is 25.6. The predicted molar refractivity (Wildman–Crippen MR) is 118 cm³/mol. The molecule has 2 saturated heterocycles. The smallest absolute Gasteiger partial charge is 0.241 e. The third-order valence-corrected chi connectivity index (χ3v) is 6.98. The zero-order chi connectivity index (χ0) is 20.7. The number of carbonyl (C=O) groups is 1. The summed E-state index contributed by atoms with van der Waals surface area (Å²) in [5, 5.41) is 0.745. The summed E-state index contributed by atoms with van der Waals surface area (Å²) < 4.78 is 5.37. The van der Waals surface area contributed by atoms with Crippen molar-refractivity contribution in [2.45, 2.75) is 24.9 Å². The van der Waals surface area contributed by atoms with Crippen molar-refractivity contribution >= 4 is 23.2 Å². The van der Waals surface area contributed by atoms with Crippen molar-refractivity contribution in [2.75, 3.05) is 38.2 Å². The molecule has 7 heteroatoms. The van der Waals surface area contributed by atoms with Gasteiger partial charge >= 0.3 is 0 Å². The minimum atomic E-state index is -0.174. The molecule has 2 N–H and O–H groups in total. The maximum absolute atomic E-state index is 13.3. The summed E-state index contributed by atoms with van der Waals surface area (Å²) in [5.74, 6) is 1.37. The van der Waals surface area contributed by atoms with Gasteiger partial charge in [0.25, 0.3) is 0 Å². The number of amides is 1. The summed E-state index contributed by atoms with van der Waals surface area (Å²) in [4.78, 5) is 17.6. The van der Waals surface area contributed by atoms with Crippen molar-refractivity contribution in [3.63, 3.8) is 0 Å². The maximum Gasteiger partial charge on any atom is 0.241 e. The van der Waals surface area contributed by atoms with Gasteiger partial charge in [-0.2, -0.15) is 0 Å². The third kappa shape index (κ3) is 3.53. The van der Waals surface area contributed by atoms with E-state index in [1.807, 2.05) is 35.2 Å². The van der Waals surface area contributed by atoms with E-state index in [0.29, 0.717) is 0 Å². The van der Waals surface area contributed by atoms with Gasteiger partial charge in [-0.25, -0.2) is 10.9 Å². The zero-order valence-corrected chi connectivity index (χ0v) is 17.9. The van der Waals surface area contributed by atoms with Crippen molar-refractivity contribution in [1.82, 2.24) is 15.8 Å². The molecule has 2 aromatic rings. The topological polar surface area (TPSA) is 56.8 Å². The molecule has 1 aliphatic carbocycles. The molecule has 3 unspecified atom stereocenters. The van der Waals surface area contributed by atoms with Crippen LogP contribution >= 0.6 is 11.6 Å². The SMILES string of the molecule is COc1ccc2c(c1)CCC1C(C(=O)N3CCN(c4ccc(Cl)cc4)CC3)NNC21. The van der Waals surface area contributed by atoms with Crippen LogP contribution in [0.25, 0.3) is 0 Å². The molecule has 5 rings (SSSR count). The number of aryl methyl sites for hydroxylation is 1. The lowest BCUT2D eigenvalue weighted by Gasteiger charge is -2.38. The van der Waals surface area contributed by atoms with Crippen LogP contribution in [0, 0.1) is 5.92 Å². The van der Waals surface area contributed by atoms with E-state index in [1.165, 1.54) is 11.1 Å². The second kappa shape index (κ2) is 8.10. The van der Waals surface area contributed by atoms with E-state index < -0.39 is 0 Å². The average Bonchev–Trinajstić information content (AvgIpc) is 3.23. The Bertz CT molecular complexity index is 927. The summed E-state index contributed by atoms with van der Waals surface area (Å²) in [7, 11) is 1.70. The first-order valence-electron chi connectivity index (χ1n) is 10.6. The zero-order valence-electron chi connectivity index (χ0n) is 17.1. The van der Waals surface area contributed by atoms with Gasteiger partial charge in [-0.3, -0.25) is 4.79 Å². The number of piperazine rings is 1. The van der Waals surface area contributed by atoms with E-state index in [9.17, 15) is 4.79 Å². The molecule has 0 aromatic heterocycles. The summed E-state index contributed by atoms with van der Waals surface area (Å²) in [6, 6.07) is 14.2. The Kier molecular flexibility index (Phi) is 5.31. The quantitative estimate of drug-likeness (QED) is 0.790. The highest BCUT2D eigenvalue weighted by atomic mass is 35.5. The molecular weight excluding hydrogens is 400 g/mol. The summed E-state index contributed by atoms with van der Waals surface area (Å²) in [5.41, 5.74) is 10.5. The van der Waals surface area contributed by atoms with Crippen LogP contribution in [-0.4, -0.2) is 50.1 Å². The molecule has 0 radical (unpaired) electrons. The van der Waals surface area contributed by atoms with Crippen molar-refractivity contribution in [2.24, 2.45) is 5.92 Å². The fraction of sp³-hybridized carbons (Fsp3) is 0.435. The van der Waals surface area contributed by atoms with Crippen LogP contribution in [0.1, 0.15) is 23.6 Å². The van der Waals surface area contributed by atoms with Crippen LogP contribution in [0.15, 0.2) is 42.5 Å². The lowest BCUT2D eigenvalue weighted by atomic mass is 9.77. The number of rotatable bonds is 3. The van der Waals surface area contributed by atoms with Crippen molar-refractivity contribution in [1.29, 1.82) is 0 Å². The molecule has 30 heavy (non-hydrogen) atoms. The van der Waals surface area contributed by atoms with Gasteiger partial charge in [0.1, 0.15) is 11.8 Å². The summed E-state index contributed by atoms with van der Waals surface area (Å²) in [6.45, 7) is 3.16. The van der Waals surface area contributed by atoms with Crippen LogP contribution in [0.4, 0.5) is 5.69 Å². The number of fused-ring (bicyclic) bond motifs is 3. The molecular formula is C23H27ClN4O2. The van der Waals surface area contributed by atoms with Gasteiger partial charge in [0.2, 0.25) is 5.91 Å². The fourth-order valence-electron chi connectivity index (χ4n) is 5.06. The number of hydrogen-bond acceptors (Lipinski definition) is 5. The van der Waals surface area contributed by atoms with Gasteiger partial charge < -0.3 is 14.5 Å². The highest BCUT2D eigenvalue weighted by Crippen LogP contribution is 2.40. The standard InChI is InChI=1S/C23H27ClN4O2/c1-30-18-7-9-19-15(14-18)2-8-20-21(19)25-26-22(20)23(29)28-12-10-27(11-13-28)17-5-3-16(24)4-6-17/h3-7,9,14,20-22,25-26H,2,8,10-13H2,1H3. The lowest BCUT2D eigenvalue weighted by molar-refractivity contribution is -0.134. The second-order valence-corrected chi connectivity index (χ2v) is 8.74. The second-order valence-electron chi connectivity index (χ2n) is 8.30. The maximum atomic E-state index is 13.3. The summed E-state index contributed by atoms with van der Waals surface area (Å²) in [6.07, 6.45) is 1.97. The van der Waals surface area contributed by atoms with Crippen molar-refractivity contribution in [3.8, 4) is 5.75 Å². The first-order chi connectivity index (χ1) is 14.6. The Morgan fingerprint density at radius 3 is 2.57 bits per heavy atom. The number of benzene rings is 2. The lowest BCUT2D eigenvalue weighted by Crippen LogP contribution is -2.55. The number of carbonyl (C=O) groups excluding carboxylic acids is 1. The molecule has 0 bridgehead atoms. The van der Waals surface area contributed by atoms with E-state index in [2.05, 4.69) is 27.9 Å². The van der Waals surface area contributed by atoms with E-state index >= 15 is 0 Å². The first-order valence-corrected chi connectivity index (χ1v) is 11.0. The Balaban J connectivity index is 1.24. The number of methoxy groups -OCH3 is 1. The Labute approximate surface area is 182 Å². The molecule has 3 atom stereocenters. The highest BCUT2D eigenvalue weighted by Gasteiger charge is 2.44. The number of hydrazine groups is 1. The first kappa shape index (κ1) is 19.7. The fourth-order valence-corrected chi connectivity index (χ4v) is 5.18. The van der Waals surface area contributed by atoms with Crippen LogP contribution in [0.2, 0.25) is 5.02 Å². The van der Waals surface area contributed by atoms with Crippen LogP contribution in [0.5, 0.6) is 5.75 Å². The van der Waals surface area contributed by atoms with Gasteiger partial charge in [-0.1, -0.05) is 17.7 Å². The number of nitrogens with zero attached hydrogens (tertiary/aromatic N) is 2. The van der Waals surface area contributed by atoms with Crippen LogP contribution < -0.4 is 20.5 Å². The highest BCUT2D eigenvalue weighted by molar-refractivity contribution is 6.30. The van der Waals surface area contributed by atoms with E-state index in [1.54, 1.807) is 7.11 Å². The number of halogens is 1. The number of nitrogens with one attached hydrogen (secondary N) is 2. The largest absolute Gasteiger partial charge is 0.497 e. The molecule has 2 aromatic carbocycles. The molecule has 2 fully saturated rings. The van der Waals surface area contributed by atoms with Gasteiger partial charge in [-0.15, -0.1) is 0 Å². The molecule has 0 saturated carbocycles. The van der Waals surface area contributed by atoms with Gasteiger partial charge in [0.05, 0.1) is 13.2 Å². The molecule has 158 valence electrons. The predicted octanol–water partition coefficient (Wildman–Crippen LogP) is 2.78. The summed E-state index contributed by atoms with van der Waals surface area (Å²) >= 11 is 6.00. The molecule has 6 nitrogen and oxygen atoms in total. The van der Waals surface area contributed by atoms with Crippen LogP contribution in [-0.2, 0) is 11.2 Å². The van der Waals surface area contributed by atoms with Crippen LogP contribution in [0.3, 0.4) is 0 Å². The number of hydrogen-bond donors (Lipinski definition) is 2. The van der Waals surface area contributed by atoms with Gasteiger partial charge in [0.15, 0.2) is 0 Å². The monoisotopic (exact) mass is 426 g/mol.